The van der Waals surface area contributed by atoms with Gasteiger partial charge in [0, 0.05) is 23.7 Å². The highest BCUT2D eigenvalue weighted by atomic mass is 32.1. The van der Waals surface area contributed by atoms with Crippen molar-refractivity contribution in [1.29, 1.82) is 0 Å². The van der Waals surface area contributed by atoms with E-state index in [2.05, 4.69) is 27.9 Å². The molecule has 0 saturated heterocycles. The number of aryl methyl sites for hydroxylation is 1. The Balaban J connectivity index is 2.01. The highest BCUT2D eigenvalue weighted by Crippen LogP contribution is 2.28. The first-order valence-electron chi connectivity index (χ1n) is 6.20. The van der Waals surface area contributed by atoms with Gasteiger partial charge in [-0.2, -0.15) is 0 Å². The predicted octanol–water partition coefficient (Wildman–Crippen LogP) is 2.82. The molecule has 0 spiro atoms. The molecule has 2 N–H and O–H groups in total. The summed E-state index contributed by atoms with van der Waals surface area (Å²) in [7, 11) is 0. The quantitative estimate of drug-likeness (QED) is 0.794. The number of aromatic nitrogens is 3. The van der Waals surface area contributed by atoms with Gasteiger partial charge in [-0.1, -0.05) is 13.0 Å². The zero-order valence-corrected chi connectivity index (χ0v) is 11.4. The van der Waals surface area contributed by atoms with Crippen LogP contribution in [0.3, 0.4) is 0 Å². The van der Waals surface area contributed by atoms with Crippen LogP contribution >= 0.6 is 11.3 Å². The number of fused-ring (bicyclic) bond motifs is 1. The molecule has 3 heterocycles. The second-order valence-corrected chi connectivity index (χ2v) is 5.46. The molecule has 0 atom stereocenters. The lowest BCUT2D eigenvalue weighted by atomic mass is 10.2. The number of thiophene rings is 1. The van der Waals surface area contributed by atoms with Crippen molar-refractivity contribution in [2.75, 3.05) is 5.73 Å². The Morgan fingerprint density at radius 2 is 2.21 bits per heavy atom. The van der Waals surface area contributed by atoms with Gasteiger partial charge in [-0.25, -0.2) is 9.97 Å². The topological polar surface area (TPSA) is 64.7 Å². The Hall–Kier alpha value is -2.01. The van der Waals surface area contributed by atoms with Crippen LogP contribution in [0.25, 0.3) is 10.2 Å². The highest BCUT2D eigenvalue weighted by Gasteiger charge is 2.09. The minimum absolute atomic E-state index is 0.569. The van der Waals surface area contributed by atoms with E-state index in [1.54, 1.807) is 17.5 Å². The van der Waals surface area contributed by atoms with Crippen LogP contribution in [0.2, 0.25) is 0 Å². The number of nitrogen functional groups attached to an aromatic ring is 1. The van der Waals surface area contributed by atoms with E-state index in [1.807, 2.05) is 18.3 Å². The molecule has 0 saturated carbocycles. The first-order chi connectivity index (χ1) is 9.26. The summed E-state index contributed by atoms with van der Waals surface area (Å²) in [5, 5.41) is 0.969. The molecule has 3 aromatic heterocycles. The molecule has 0 bridgehead atoms. The van der Waals surface area contributed by atoms with Gasteiger partial charge in [0.2, 0.25) is 0 Å². The fourth-order valence-corrected chi connectivity index (χ4v) is 2.97. The fourth-order valence-electron chi connectivity index (χ4n) is 1.98. The maximum atomic E-state index is 6.02. The predicted molar refractivity (Wildman–Crippen MR) is 78.2 cm³/mol. The van der Waals surface area contributed by atoms with E-state index in [0.717, 1.165) is 28.0 Å². The number of hydrogen-bond acceptors (Lipinski definition) is 5. The van der Waals surface area contributed by atoms with Crippen LogP contribution in [0, 0.1) is 0 Å². The maximum Gasteiger partial charge on any atom is 0.136 e. The van der Waals surface area contributed by atoms with Crippen molar-refractivity contribution in [3.05, 3.63) is 46.9 Å². The summed E-state index contributed by atoms with van der Waals surface area (Å²) in [5.41, 5.74) is 7.11. The zero-order chi connectivity index (χ0) is 13.2. The van der Waals surface area contributed by atoms with Crippen molar-refractivity contribution in [3.63, 3.8) is 0 Å². The molecule has 5 heteroatoms. The van der Waals surface area contributed by atoms with Crippen molar-refractivity contribution >= 4 is 27.4 Å². The third-order valence-electron chi connectivity index (χ3n) is 2.95. The molecule has 3 aromatic rings. The number of anilines is 1. The number of pyridine rings is 1. The van der Waals surface area contributed by atoms with Crippen molar-refractivity contribution < 1.29 is 0 Å². The average Bonchev–Trinajstić information content (AvgIpc) is 2.83. The third-order valence-corrected chi connectivity index (χ3v) is 4.13. The summed E-state index contributed by atoms with van der Waals surface area (Å²) in [6.45, 7) is 2.13. The smallest absolute Gasteiger partial charge is 0.136 e. The minimum Gasteiger partial charge on any atom is -0.383 e. The van der Waals surface area contributed by atoms with E-state index in [9.17, 15) is 0 Å². The lowest BCUT2D eigenvalue weighted by Crippen LogP contribution is -2.00. The summed E-state index contributed by atoms with van der Waals surface area (Å²) >= 11 is 1.69. The van der Waals surface area contributed by atoms with Gasteiger partial charge in [-0.15, -0.1) is 11.3 Å². The van der Waals surface area contributed by atoms with Crippen LogP contribution in [0.1, 0.15) is 23.2 Å². The number of nitrogens with zero attached hydrogens (tertiary/aromatic N) is 3. The van der Waals surface area contributed by atoms with E-state index in [1.165, 1.54) is 4.88 Å². The van der Waals surface area contributed by atoms with Crippen LogP contribution in [-0.4, -0.2) is 15.0 Å². The fraction of sp³-hybridized carbons (Fsp3) is 0.214. The number of nitrogens with two attached hydrogens (primary N) is 1. The summed E-state index contributed by atoms with van der Waals surface area (Å²) in [5.74, 6) is 1.32. The van der Waals surface area contributed by atoms with Crippen molar-refractivity contribution in [2.24, 2.45) is 0 Å². The highest BCUT2D eigenvalue weighted by molar-refractivity contribution is 7.18. The van der Waals surface area contributed by atoms with Gasteiger partial charge >= 0.3 is 0 Å². The second kappa shape index (κ2) is 4.93. The molecule has 0 aromatic carbocycles. The molecule has 0 aliphatic rings. The standard InChI is InChI=1S/C14H14N4S/c1-2-10-7-11-13(15)17-12(18-14(11)19-10)6-9-4-3-5-16-8-9/h3-5,7-8H,2,6H2,1H3,(H2,15,17,18). The Kier molecular flexibility index (Phi) is 3.13. The molecule has 96 valence electrons. The van der Waals surface area contributed by atoms with E-state index in [0.29, 0.717) is 12.2 Å². The van der Waals surface area contributed by atoms with Crippen molar-refractivity contribution in [3.8, 4) is 0 Å². The van der Waals surface area contributed by atoms with Gasteiger partial charge in [-0.3, -0.25) is 4.98 Å². The molecular formula is C14H14N4S. The Morgan fingerprint density at radius 3 is 2.95 bits per heavy atom. The summed E-state index contributed by atoms with van der Waals surface area (Å²) in [4.78, 5) is 15.3. The van der Waals surface area contributed by atoms with Gasteiger partial charge in [0.25, 0.3) is 0 Å². The molecule has 0 aliphatic heterocycles. The number of hydrogen-bond donors (Lipinski definition) is 1. The molecule has 0 unspecified atom stereocenters. The summed E-state index contributed by atoms with van der Waals surface area (Å²) < 4.78 is 0. The SMILES string of the molecule is CCc1cc2c(N)nc(Cc3cccnc3)nc2s1. The van der Waals surface area contributed by atoms with Gasteiger partial charge in [0.05, 0.1) is 5.39 Å². The summed E-state index contributed by atoms with van der Waals surface area (Å²) in [6, 6.07) is 6.02. The Morgan fingerprint density at radius 1 is 1.32 bits per heavy atom. The zero-order valence-electron chi connectivity index (χ0n) is 10.6. The Labute approximate surface area is 115 Å². The molecular weight excluding hydrogens is 256 g/mol. The average molecular weight is 270 g/mol. The lowest BCUT2D eigenvalue weighted by molar-refractivity contribution is 0.992. The molecule has 19 heavy (non-hydrogen) atoms. The minimum atomic E-state index is 0.569. The molecule has 0 radical (unpaired) electrons. The van der Waals surface area contributed by atoms with E-state index >= 15 is 0 Å². The van der Waals surface area contributed by atoms with E-state index in [-0.39, 0.29) is 0 Å². The summed E-state index contributed by atoms with van der Waals surface area (Å²) in [6.07, 6.45) is 5.25. The van der Waals surface area contributed by atoms with Gasteiger partial charge in [-0.05, 0) is 24.1 Å². The largest absolute Gasteiger partial charge is 0.383 e. The Bertz CT molecular complexity index is 706. The first-order valence-corrected chi connectivity index (χ1v) is 7.01. The van der Waals surface area contributed by atoms with Crippen LogP contribution in [0.15, 0.2) is 30.6 Å². The van der Waals surface area contributed by atoms with E-state index in [4.69, 9.17) is 5.73 Å². The third kappa shape index (κ3) is 2.42. The van der Waals surface area contributed by atoms with Gasteiger partial charge < -0.3 is 5.73 Å². The van der Waals surface area contributed by atoms with Crippen LogP contribution < -0.4 is 5.73 Å². The van der Waals surface area contributed by atoms with Gasteiger partial charge in [0.1, 0.15) is 16.5 Å². The van der Waals surface area contributed by atoms with E-state index < -0.39 is 0 Å². The molecule has 3 rings (SSSR count). The molecule has 0 aliphatic carbocycles. The lowest BCUT2D eigenvalue weighted by Gasteiger charge is -2.02. The first kappa shape index (κ1) is 12.0. The van der Waals surface area contributed by atoms with Crippen LogP contribution in [0.5, 0.6) is 0 Å². The molecule has 0 fully saturated rings. The second-order valence-electron chi connectivity index (χ2n) is 4.35. The van der Waals surface area contributed by atoms with Crippen LogP contribution in [0.4, 0.5) is 5.82 Å². The van der Waals surface area contributed by atoms with Crippen LogP contribution in [-0.2, 0) is 12.8 Å². The number of rotatable bonds is 3. The molecule has 4 nitrogen and oxygen atoms in total. The maximum absolute atomic E-state index is 6.02. The van der Waals surface area contributed by atoms with Crippen molar-refractivity contribution in [2.45, 2.75) is 19.8 Å². The monoisotopic (exact) mass is 270 g/mol. The van der Waals surface area contributed by atoms with Crippen molar-refractivity contribution in [1.82, 2.24) is 15.0 Å². The molecule has 0 amide bonds. The normalized spacial score (nSPS) is 11.0. The van der Waals surface area contributed by atoms with Gasteiger partial charge in [0.15, 0.2) is 0 Å².